The molecule has 0 bridgehead atoms. The monoisotopic (exact) mass is 494 g/mol. The van der Waals surface area contributed by atoms with Gasteiger partial charge in [0, 0.05) is 30.7 Å². The molecule has 2 aromatic rings. The van der Waals surface area contributed by atoms with Crippen LogP contribution in [0.25, 0.3) is 10.8 Å². The molecule has 2 unspecified atom stereocenters. The second kappa shape index (κ2) is 9.00. The predicted molar refractivity (Wildman–Crippen MR) is 128 cm³/mol. The van der Waals surface area contributed by atoms with Crippen LogP contribution < -0.4 is 9.64 Å². The summed E-state index contributed by atoms with van der Waals surface area (Å²) in [6.45, 7) is 11.8. The maximum Gasteiger partial charge on any atom is 0.410 e. The molecule has 0 aliphatic carbocycles. The summed E-state index contributed by atoms with van der Waals surface area (Å²) in [6, 6.07) is 0.854. The highest BCUT2D eigenvalue weighted by molar-refractivity contribution is 6.30. The summed E-state index contributed by atoms with van der Waals surface area (Å²) in [4.78, 5) is 26.1. The molecule has 1 amide bonds. The second-order valence-corrected chi connectivity index (χ2v) is 10.4. The largest absolute Gasteiger partial charge is 0.472 e. The number of amides is 1. The molecule has 4 heterocycles. The molecule has 4 atom stereocenters. The van der Waals surface area contributed by atoms with Crippen LogP contribution in [0.15, 0.2) is 6.07 Å². The molecule has 10 heteroatoms. The molecule has 2 aliphatic rings. The number of carbonyl (C=O) groups is 1. The van der Waals surface area contributed by atoms with E-state index >= 15 is 4.39 Å². The van der Waals surface area contributed by atoms with Gasteiger partial charge in [0.1, 0.15) is 17.5 Å². The van der Waals surface area contributed by atoms with E-state index in [0.717, 1.165) is 0 Å². The molecule has 0 radical (unpaired) electrons. The van der Waals surface area contributed by atoms with E-state index in [-0.39, 0.29) is 53.7 Å². The Morgan fingerprint density at radius 2 is 2.06 bits per heavy atom. The fraction of sp³-hybridized carbons (Fsp3) is 0.625. The average molecular weight is 495 g/mol. The normalized spacial score (nSPS) is 24.5. The smallest absolute Gasteiger partial charge is 0.410 e. The lowest BCUT2D eigenvalue weighted by molar-refractivity contribution is -0.0123. The third kappa shape index (κ3) is 4.24. The molecule has 0 aromatic carbocycles. The second-order valence-electron chi connectivity index (χ2n) is 10.0. The van der Waals surface area contributed by atoms with Gasteiger partial charge in [0.15, 0.2) is 11.0 Å². The number of aromatic nitrogens is 2. The lowest BCUT2D eigenvalue weighted by atomic mass is 9.92. The minimum absolute atomic E-state index is 0.123. The lowest BCUT2D eigenvalue weighted by Gasteiger charge is -2.51. The molecule has 34 heavy (non-hydrogen) atoms. The van der Waals surface area contributed by atoms with Gasteiger partial charge < -0.3 is 19.5 Å². The van der Waals surface area contributed by atoms with E-state index in [4.69, 9.17) is 26.1 Å². The van der Waals surface area contributed by atoms with Crippen LogP contribution in [0.2, 0.25) is 5.15 Å². The summed E-state index contributed by atoms with van der Waals surface area (Å²) in [5, 5.41) is 9.95. The minimum Gasteiger partial charge on any atom is -0.472 e. The number of halogens is 2. The number of ether oxygens (including phenoxy) is 2. The van der Waals surface area contributed by atoms with Crippen molar-refractivity contribution in [3.8, 4) is 5.88 Å². The van der Waals surface area contributed by atoms with Crippen molar-refractivity contribution in [3.05, 3.63) is 22.7 Å². The van der Waals surface area contributed by atoms with Crippen molar-refractivity contribution in [1.29, 1.82) is 0 Å². The number of nitrogens with zero attached hydrogens (tertiary/aromatic N) is 4. The number of rotatable bonds is 3. The molecule has 1 N–H and O–H groups in total. The quantitative estimate of drug-likeness (QED) is 0.635. The van der Waals surface area contributed by atoms with Gasteiger partial charge in [-0.15, -0.1) is 0 Å². The highest BCUT2D eigenvalue weighted by Gasteiger charge is 2.48. The van der Waals surface area contributed by atoms with Gasteiger partial charge in [-0.1, -0.05) is 18.5 Å². The summed E-state index contributed by atoms with van der Waals surface area (Å²) in [5.74, 6) is 0.0978. The van der Waals surface area contributed by atoms with Crippen LogP contribution in [0.4, 0.5) is 15.0 Å². The summed E-state index contributed by atoms with van der Waals surface area (Å²) in [6.07, 6.45) is 0.134. The van der Waals surface area contributed by atoms with Crippen LogP contribution in [-0.2, 0) is 11.2 Å². The van der Waals surface area contributed by atoms with E-state index in [1.165, 1.54) is 0 Å². The van der Waals surface area contributed by atoms with Gasteiger partial charge in [-0.05, 0) is 47.1 Å². The maximum absolute atomic E-state index is 15.1. The first kappa shape index (κ1) is 24.7. The lowest BCUT2D eigenvalue weighted by Crippen LogP contribution is -2.68. The maximum atomic E-state index is 15.1. The topological polar surface area (TPSA) is 88.0 Å². The van der Waals surface area contributed by atoms with E-state index in [1.54, 1.807) is 11.0 Å². The highest BCUT2D eigenvalue weighted by Crippen LogP contribution is 2.43. The standard InChI is InChI=1S/C24H32ClFN4O4/c1-7-16-19-13(3)33-22-17-15(18(26)20(25)28-22)10-14(8-9-31)27-21(17)29(19)11-12(2)30(16)23(32)34-24(4,5)6/h10,12-13,16,19,31H,7-9,11H2,1-6H3/t12?,13?,16-,19+/m0/s1. The zero-order valence-corrected chi connectivity index (χ0v) is 21.2. The SMILES string of the molecule is CC[C@H]1[C@H]2C(C)Oc3nc(Cl)c(F)c4cc(CCO)nc(c34)N2CC(C)N1C(=O)OC(C)(C)C. The number of aliphatic hydroxyl groups is 1. The molecule has 4 rings (SSSR count). The molecular formula is C24H32ClFN4O4. The zero-order valence-electron chi connectivity index (χ0n) is 20.4. The number of pyridine rings is 2. The van der Waals surface area contributed by atoms with Crippen LogP contribution in [0.1, 0.15) is 53.7 Å². The summed E-state index contributed by atoms with van der Waals surface area (Å²) >= 11 is 6.12. The van der Waals surface area contributed by atoms with E-state index in [1.807, 2.05) is 41.5 Å². The van der Waals surface area contributed by atoms with Crippen LogP contribution in [-0.4, -0.2) is 69.0 Å². The number of piperazine rings is 1. The molecule has 0 spiro atoms. The molecule has 8 nitrogen and oxygen atoms in total. The fourth-order valence-electron chi connectivity index (χ4n) is 5.11. The van der Waals surface area contributed by atoms with Gasteiger partial charge in [0.25, 0.3) is 0 Å². The molecule has 2 aromatic heterocycles. The van der Waals surface area contributed by atoms with E-state index < -0.39 is 17.5 Å². The zero-order chi connectivity index (χ0) is 24.9. The first-order valence-electron chi connectivity index (χ1n) is 11.7. The van der Waals surface area contributed by atoms with E-state index in [2.05, 4.69) is 9.88 Å². The van der Waals surface area contributed by atoms with Crippen LogP contribution in [0.3, 0.4) is 0 Å². The molecular weight excluding hydrogens is 463 g/mol. The van der Waals surface area contributed by atoms with Crippen molar-refractivity contribution in [1.82, 2.24) is 14.9 Å². The van der Waals surface area contributed by atoms with E-state index in [9.17, 15) is 9.90 Å². The summed E-state index contributed by atoms with van der Waals surface area (Å²) < 4.78 is 27.1. The van der Waals surface area contributed by atoms with Crippen molar-refractivity contribution in [2.45, 2.75) is 84.2 Å². The molecule has 1 fully saturated rings. The molecule has 186 valence electrons. The number of fused-ring (bicyclic) bond motifs is 2. The first-order valence-corrected chi connectivity index (χ1v) is 12.1. The van der Waals surface area contributed by atoms with Crippen LogP contribution in [0, 0.1) is 5.82 Å². The number of aliphatic hydroxyl groups excluding tert-OH is 1. The third-order valence-electron chi connectivity index (χ3n) is 6.37. The number of hydrogen-bond donors (Lipinski definition) is 1. The Morgan fingerprint density at radius 3 is 2.68 bits per heavy atom. The predicted octanol–water partition coefficient (Wildman–Crippen LogP) is 4.33. The fourth-order valence-corrected chi connectivity index (χ4v) is 5.29. The van der Waals surface area contributed by atoms with Crippen molar-refractivity contribution >= 4 is 34.3 Å². The third-order valence-corrected chi connectivity index (χ3v) is 6.62. The highest BCUT2D eigenvalue weighted by atomic mass is 35.5. The average Bonchev–Trinajstić information content (AvgIpc) is 2.84. The number of anilines is 1. The van der Waals surface area contributed by atoms with Gasteiger partial charge in [-0.3, -0.25) is 4.90 Å². The summed E-state index contributed by atoms with van der Waals surface area (Å²) in [5.41, 5.74) is -0.0841. The van der Waals surface area contributed by atoms with Gasteiger partial charge in [-0.25, -0.2) is 14.2 Å². The molecule has 0 saturated carbocycles. The van der Waals surface area contributed by atoms with Gasteiger partial charge in [-0.2, -0.15) is 4.98 Å². The van der Waals surface area contributed by atoms with Gasteiger partial charge in [0.2, 0.25) is 5.88 Å². The summed E-state index contributed by atoms with van der Waals surface area (Å²) in [7, 11) is 0. The van der Waals surface area contributed by atoms with Crippen LogP contribution >= 0.6 is 11.6 Å². The van der Waals surface area contributed by atoms with Crippen molar-refractivity contribution in [2.24, 2.45) is 0 Å². The Hall–Kier alpha value is -2.39. The van der Waals surface area contributed by atoms with Gasteiger partial charge >= 0.3 is 6.09 Å². The Bertz CT molecular complexity index is 1110. The Balaban J connectivity index is 1.88. The van der Waals surface area contributed by atoms with Crippen molar-refractivity contribution < 1.29 is 23.8 Å². The Morgan fingerprint density at radius 1 is 1.35 bits per heavy atom. The number of hydrogen-bond acceptors (Lipinski definition) is 7. The van der Waals surface area contributed by atoms with E-state index in [0.29, 0.717) is 29.9 Å². The van der Waals surface area contributed by atoms with Gasteiger partial charge in [0.05, 0.1) is 23.5 Å². The Kier molecular flexibility index (Phi) is 6.54. The number of carbonyl (C=O) groups excluding carboxylic acids is 1. The first-order chi connectivity index (χ1) is 16.0. The molecule has 2 aliphatic heterocycles. The van der Waals surface area contributed by atoms with Crippen molar-refractivity contribution in [3.63, 3.8) is 0 Å². The Labute approximate surface area is 204 Å². The molecule has 1 saturated heterocycles. The minimum atomic E-state index is -0.648. The van der Waals surface area contributed by atoms with Crippen LogP contribution in [0.5, 0.6) is 5.88 Å². The van der Waals surface area contributed by atoms with Crippen molar-refractivity contribution in [2.75, 3.05) is 18.1 Å².